The summed E-state index contributed by atoms with van der Waals surface area (Å²) in [6.07, 6.45) is 4.27. The van der Waals surface area contributed by atoms with E-state index in [0.29, 0.717) is 5.41 Å². The third-order valence-corrected chi connectivity index (χ3v) is 4.13. The molecule has 0 aromatic heterocycles. The average Bonchev–Trinajstić information content (AvgIpc) is 2.46. The molecule has 1 aliphatic rings. The minimum absolute atomic E-state index is 0.286. The van der Waals surface area contributed by atoms with Gasteiger partial charge >= 0.3 is 6.03 Å². The summed E-state index contributed by atoms with van der Waals surface area (Å²) in [5, 5.41) is 7.01. The molecule has 4 nitrogen and oxygen atoms in total. The predicted molar refractivity (Wildman–Crippen MR) is 87.4 cm³/mol. The van der Waals surface area contributed by atoms with Crippen LogP contribution in [0.4, 0.5) is 10.5 Å². The lowest BCUT2D eigenvalue weighted by atomic mass is 9.72. The Kier molecular flexibility index (Phi) is 4.99. The summed E-state index contributed by atoms with van der Waals surface area (Å²) >= 11 is 0. The van der Waals surface area contributed by atoms with E-state index in [4.69, 9.17) is 0 Å². The van der Waals surface area contributed by atoms with Gasteiger partial charge in [-0.3, -0.25) is 0 Å². The minimum Gasteiger partial charge on any atom is -0.307 e. The van der Waals surface area contributed by atoms with E-state index in [9.17, 15) is 4.79 Å². The summed E-state index contributed by atoms with van der Waals surface area (Å²) < 4.78 is 0. The second kappa shape index (κ2) is 6.74. The maximum atomic E-state index is 11.7. The number of anilines is 1. The fourth-order valence-corrected chi connectivity index (χ4v) is 2.74. The number of carbonyl (C=O) groups excluding carboxylic acids is 1. The van der Waals surface area contributed by atoms with E-state index in [1.165, 1.54) is 0 Å². The number of amides is 2. The minimum atomic E-state index is -0.286. The highest BCUT2D eigenvalue weighted by molar-refractivity contribution is 5.91. The summed E-state index contributed by atoms with van der Waals surface area (Å²) in [5.41, 5.74) is 4.82. The second-order valence-electron chi connectivity index (χ2n) is 6.75. The molecule has 0 spiro atoms. The molecule has 0 aliphatic heterocycles. The van der Waals surface area contributed by atoms with Crippen LogP contribution >= 0.6 is 0 Å². The molecule has 1 aliphatic carbocycles. The van der Waals surface area contributed by atoms with Gasteiger partial charge in [-0.25, -0.2) is 10.2 Å². The second-order valence-corrected chi connectivity index (χ2v) is 6.75. The first-order chi connectivity index (χ1) is 9.95. The van der Waals surface area contributed by atoms with Crippen LogP contribution in [0.25, 0.3) is 0 Å². The Hall–Kier alpha value is -1.84. The maximum absolute atomic E-state index is 11.7. The summed E-state index contributed by atoms with van der Waals surface area (Å²) in [6, 6.07) is 9.09. The molecular weight excluding hydrogens is 262 g/mol. The fourth-order valence-electron chi connectivity index (χ4n) is 2.74. The Balaban J connectivity index is 1.79. The van der Waals surface area contributed by atoms with Crippen molar-refractivity contribution in [3.8, 4) is 0 Å². The van der Waals surface area contributed by atoms with Gasteiger partial charge in [0.25, 0.3) is 0 Å². The number of urea groups is 1. The number of benzene rings is 1. The van der Waals surface area contributed by atoms with Gasteiger partial charge in [0.05, 0.1) is 0 Å². The molecule has 0 atom stereocenters. The van der Waals surface area contributed by atoms with Gasteiger partial charge in [-0.1, -0.05) is 39.0 Å². The zero-order chi connectivity index (χ0) is 15.3. The normalized spacial score (nSPS) is 19.0. The molecule has 2 N–H and O–H groups in total. The van der Waals surface area contributed by atoms with Crippen LogP contribution in [0, 0.1) is 11.3 Å². The first-order valence-corrected chi connectivity index (χ1v) is 7.62. The highest BCUT2D eigenvalue weighted by Crippen LogP contribution is 2.36. The Morgan fingerprint density at radius 1 is 1.14 bits per heavy atom. The molecule has 21 heavy (non-hydrogen) atoms. The molecule has 0 unspecified atom stereocenters. The van der Waals surface area contributed by atoms with Crippen molar-refractivity contribution in [2.45, 2.75) is 46.5 Å². The molecule has 0 bridgehead atoms. The predicted octanol–water partition coefficient (Wildman–Crippen LogP) is 4.40. The zero-order valence-electron chi connectivity index (χ0n) is 13.1. The van der Waals surface area contributed by atoms with Gasteiger partial charge in [-0.05, 0) is 49.1 Å². The van der Waals surface area contributed by atoms with Crippen LogP contribution in [0.15, 0.2) is 35.4 Å². The lowest BCUT2D eigenvalue weighted by molar-refractivity contribution is 0.208. The van der Waals surface area contributed by atoms with Crippen molar-refractivity contribution in [3.05, 3.63) is 30.3 Å². The smallest absolute Gasteiger partial charge is 0.307 e. The largest absolute Gasteiger partial charge is 0.339 e. The Labute approximate surface area is 127 Å². The third-order valence-electron chi connectivity index (χ3n) is 4.13. The molecule has 1 fully saturated rings. The first-order valence-electron chi connectivity index (χ1n) is 7.62. The van der Waals surface area contributed by atoms with Crippen molar-refractivity contribution in [2.24, 2.45) is 16.4 Å². The zero-order valence-corrected chi connectivity index (χ0v) is 13.1. The monoisotopic (exact) mass is 287 g/mol. The topological polar surface area (TPSA) is 53.5 Å². The van der Waals surface area contributed by atoms with E-state index in [0.717, 1.165) is 43.0 Å². The van der Waals surface area contributed by atoms with Crippen molar-refractivity contribution >= 4 is 17.4 Å². The van der Waals surface area contributed by atoms with E-state index >= 15 is 0 Å². The number of nitrogens with one attached hydrogen (secondary N) is 2. The molecule has 1 aromatic carbocycles. The molecule has 0 heterocycles. The summed E-state index contributed by atoms with van der Waals surface area (Å²) in [6.45, 7) is 6.89. The van der Waals surface area contributed by atoms with Crippen LogP contribution in [-0.2, 0) is 0 Å². The average molecular weight is 287 g/mol. The molecule has 114 valence electrons. The van der Waals surface area contributed by atoms with Crippen molar-refractivity contribution in [1.82, 2.24) is 5.43 Å². The maximum Gasteiger partial charge on any atom is 0.339 e. The van der Waals surface area contributed by atoms with Crippen LogP contribution in [0.5, 0.6) is 0 Å². The Morgan fingerprint density at radius 3 is 2.33 bits per heavy atom. The highest BCUT2D eigenvalue weighted by atomic mass is 16.2. The van der Waals surface area contributed by atoms with Crippen molar-refractivity contribution in [3.63, 3.8) is 0 Å². The van der Waals surface area contributed by atoms with Crippen LogP contribution in [0.1, 0.15) is 46.5 Å². The van der Waals surface area contributed by atoms with E-state index in [-0.39, 0.29) is 6.03 Å². The van der Waals surface area contributed by atoms with Crippen LogP contribution < -0.4 is 10.7 Å². The number of para-hydroxylation sites is 1. The quantitative estimate of drug-likeness (QED) is 0.778. The van der Waals surface area contributed by atoms with E-state index < -0.39 is 0 Å². The summed E-state index contributed by atoms with van der Waals surface area (Å²) in [7, 11) is 0. The molecule has 2 amide bonds. The molecule has 0 radical (unpaired) electrons. The summed E-state index contributed by atoms with van der Waals surface area (Å²) in [5.74, 6) is 0.745. The van der Waals surface area contributed by atoms with Crippen LogP contribution in [0.3, 0.4) is 0 Å². The van der Waals surface area contributed by atoms with Crippen molar-refractivity contribution in [1.29, 1.82) is 0 Å². The van der Waals surface area contributed by atoms with Crippen molar-refractivity contribution < 1.29 is 4.79 Å². The SMILES string of the molecule is CC(C)(C)C1CCC(=NNC(=O)Nc2ccccc2)CC1. The summed E-state index contributed by atoms with van der Waals surface area (Å²) in [4.78, 5) is 11.7. The molecule has 1 saturated carbocycles. The number of hydrogen-bond acceptors (Lipinski definition) is 2. The van der Waals surface area contributed by atoms with Gasteiger partial charge in [0.2, 0.25) is 0 Å². The third kappa shape index (κ3) is 4.88. The first kappa shape index (κ1) is 15.5. The molecule has 4 heteroatoms. The number of hydrogen-bond donors (Lipinski definition) is 2. The lowest BCUT2D eigenvalue weighted by Crippen LogP contribution is -2.29. The molecule has 2 rings (SSSR count). The van der Waals surface area contributed by atoms with Crippen LogP contribution in [0.2, 0.25) is 0 Å². The number of rotatable bonds is 2. The van der Waals surface area contributed by atoms with Crippen LogP contribution in [-0.4, -0.2) is 11.7 Å². The van der Waals surface area contributed by atoms with E-state index in [1.807, 2.05) is 30.3 Å². The highest BCUT2D eigenvalue weighted by Gasteiger charge is 2.28. The number of nitrogens with zero attached hydrogens (tertiary/aromatic N) is 1. The van der Waals surface area contributed by atoms with Crippen molar-refractivity contribution in [2.75, 3.05) is 5.32 Å². The van der Waals surface area contributed by atoms with E-state index in [1.54, 1.807) is 0 Å². The van der Waals surface area contributed by atoms with Gasteiger partial charge in [-0.15, -0.1) is 0 Å². The van der Waals surface area contributed by atoms with Gasteiger partial charge in [0.1, 0.15) is 0 Å². The fraction of sp³-hybridized carbons (Fsp3) is 0.529. The molecule has 0 saturated heterocycles. The molecule has 1 aromatic rings. The van der Waals surface area contributed by atoms with E-state index in [2.05, 4.69) is 36.6 Å². The lowest BCUT2D eigenvalue weighted by Gasteiger charge is -2.34. The van der Waals surface area contributed by atoms with Gasteiger partial charge in [0, 0.05) is 11.4 Å². The van der Waals surface area contributed by atoms with Gasteiger partial charge < -0.3 is 5.32 Å². The number of hydrazone groups is 1. The van der Waals surface area contributed by atoms with Gasteiger partial charge in [0.15, 0.2) is 0 Å². The molecular formula is C17H25N3O. The van der Waals surface area contributed by atoms with Gasteiger partial charge in [-0.2, -0.15) is 5.10 Å². The Bertz CT molecular complexity index is 493. The Morgan fingerprint density at radius 2 is 1.76 bits per heavy atom. The standard InChI is InChI=1S/C17H25N3O/c1-17(2,3)13-9-11-15(12-10-13)19-20-16(21)18-14-7-5-4-6-8-14/h4-8,13H,9-12H2,1-3H3,(H2,18,20,21). The number of carbonyl (C=O) groups is 1.